The zero-order valence-electron chi connectivity index (χ0n) is 14.9. The number of benzene rings is 2. The zero-order valence-corrected chi connectivity index (χ0v) is 15.7. The molecule has 0 bridgehead atoms. The number of ether oxygens (including phenoxy) is 2. The van der Waals surface area contributed by atoms with Crippen LogP contribution in [0.15, 0.2) is 36.4 Å². The highest BCUT2D eigenvalue weighted by atomic mass is 35.5. The summed E-state index contributed by atoms with van der Waals surface area (Å²) < 4.78 is 25.1. The molecule has 0 radical (unpaired) electrons. The Bertz CT molecular complexity index is 836. The van der Waals surface area contributed by atoms with Crippen LogP contribution in [0.5, 0.6) is 11.5 Å². The summed E-state index contributed by atoms with van der Waals surface area (Å²) in [5.74, 6) is 0.133. The van der Waals surface area contributed by atoms with E-state index in [-0.39, 0.29) is 24.8 Å². The molecule has 2 aromatic rings. The van der Waals surface area contributed by atoms with Crippen LogP contribution in [0.2, 0.25) is 5.02 Å². The van der Waals surface area contributed by atoms with Crippen LogP contribution in [0.3, 0.4) is 0 Å². The molecule has 142 valence electrons. The minimum Gasteiger partial charge on any atom is -0.490 e. The van der Waals surface area contributed by atoms with Crippen molar-refractivity contribution in [3.63, 3.8) is 0 Å². The van der Waals surface area contributed by atoms with Crippen molar-refractivity contribution in [2.75, 3.05) is 13.2 Å². The van der Waals surface area contributed by atoms with Crippen LogP contribution in [0.25, 0.3) is 0 Å². The summed E-state index contributed by atoms with van der Waals surface area (Å²) >= 11 is 6.34. The molecule has 0 atom stereocenters. The van der Waals surface area contributed by atoms with Gasteiger partial charge in [-0.05, 0) is 37.1 Å². The Balaban J connectivity index is 2.09. The predicted molar refractivity (Wildman–Crippen MR) is 100 cm³/mol. The number of halogens is 2. The molecule has 0 aliphatic carbocycles. The second-order valence-electron chi connectivity index (χ2n) is 5.65. The third-order valence-corrected chi connectivity index (χ3v) is 3.96. The zero-order chi connectivity index (χ0) is 19.6. The maximum atomic E-state index is 13.8. The lowest BCUT2D eigenvalue weighted by Crippen LogP contribution is -2.24. The third kappa shape index (κ3) is 6.15. The average Bonchev–Trinajstić information content (AvgIpc) is 2.63. The van der Waals surface area contributed by atoms with Gasteiger partial charge in [-0.1, -0.05) is 29.8 Å². The quantitative estimate of drug-likeness (QED) is 0.701. The van der Waals surface area contributed by atoms with Gasteiger partial charge in [0.2, 0.25) is 5.91 Å². The monoisotopic (exact) mass is 390 g/mol. The molecule has 0 saturated heterocycles. The van der Waals surface area contributed by atoms with Gasteiger partial charge in [-0.25, -0.2) is 4.39 Å². The highest BCUT2D eigenvalue weighted by Gasteiger charge is 2.14. The van der Waals surface area contributed by atoms with E-state index in [1.54, 1.807) is 36.4 Å². The molecule has 27 heavy (non-hydrogen) atoms. The number of amides is 1. The van der Waals surface area contributed by atoms with Crippen LogP contribution in [0.4, 0.5) is 4.39 Å². The highest BCUT2D eigenvalue weighted by molar-refractivity contribution is 6.32. The molecule has 1 amide bonds. The first-order valence-electron chi connectivity index (χ1n) is 8.50. The van der Waals surface area contributed by atoms with Crippen molar-refractivity contribution in [2.45, 2.75) is 26.4 Å². The van der Waals surface area contributed by atoms with Crippen LogP contribution in [-0.4, -0.2) is 19.1 Å². The number of hydrogen-bond acceptors (Lipinski definition) is 4. The number of carbonyl (C=O) groups excluding carboxylic acids is 1. The Labute approximate surface area is 162 Å². The first-order chi connectivity index (χ1) is 13.0. The van der Waals surface area contributed by atoms with E-state index in [0.717, 1.165) is 5.56 Å². The molecule has 0 aliphatic rings. The molecular weight excluding hydrogens is 371 g/mol. The summed E-state index contributed by atoms with van der Waals surface area (Å²) in [6.45, 7) is 2.64. The van der Waals surface area contributed by atoms with Crippen molar-refractivity contribution in [1.82, 2.24) is 5.32 Å². The van der Waals surface area contributed by atoms with Gasteiger partial charge < -0.3 is 14.8 Å². The van der Waals surface area contributed by atoms with Crippen molar-refractivity contribution in [3.8, 4) is 17.6 Å². The van der Waals surface area contributed by atoms with Crippen molar-refractivity contribution in [3.05, 3.63) is 58.4 Å². The van der Waals surface area contributed by atoms with E-state index in [9.17, 15) is 9.18 Å². The van der Waals surface area contributed by atoms with Crippen molar-refractivity contribution in [1.29, 1.82) is 5.26 Å². The first-order valence-corrected chi connectivity index (χ1v) is 8.88. The van der Waals surface area contributed by atoms with Gasteiger partial charge in [0, 0.05) is 12.1 Å². The van der Waals surface area contributed by atoms with Crippen LogP contribution in [0.1, 0.15) is 24.5 Å². The molecule has 0 fully saturated rings. The Morgan fingerprint density at radius 1 is 1.30 bits per heavy atom. The molecule has 0 unspecified atom stereocenters. The van der Waals surface area contributed by atoms with Gasteiger partial charge in [0.25, 0.3) is 0 Å². The third-order valence-electron chi connectivity index (χ3n) is 3.67. The second-order valence-corrected chi connectivity index (χ2v) is 6.06. The van der Waals surface area contributed by atoms with Gasteiger partial charge in [0.1, 0.15) is 18.8 Å². The molecule has 2 aromatic carbocycles. The van der Waals surface area contributed by atoms with Gasteiger partial charge >= 0.3 is 0 Å². The molecule has 0 saturated carbocycles. The number of carbonyl (C=O) groups is 1. The fourth-order valence-electron chi connectivity index (χ4n) is 2.41. The maximum absolute atomic E-state index is 13.8. The van der Waals surface area contributed by atoms with E-state index >= 15 is 0 Å². The molecule has 0 heterocycles. The van der Waals surface area contributed by atoms with Gasteiger partial charge in [0.15, 0.2) is 11.5 Å². The number of nitriles is 1. The molecule has 5 nitrogen and oxygen atoms in total. The fourth-order valence-corrected chi connectivity index (χ4v) is 2.70. The van der Waals surface area contributed by atoms with Crippen LogP contribution in [0, 0.1) is 17.1 Å². The summed E-state index contributed by atoms with van der Waals surface area (Å²) in [5, 5.41) is 11.5. The topological polar surface area (TPSA) is 71.3 Å². The van der Waals surface area contributed by atoms with Crippen LogP contribution >= 0.6 is 11.6 Å². The summed E-state index contributed by atoms with van der Waals surface area (Å²) in [6, 6.07) is 11.6. The van der Waals surface area contributed by atoms with E-state index in [4.69, 9.17) is 26.3 Å². The molecule has 7 heteroatoms. The minimum atomic E-state index is -0.351. The van der Waals surface area contributed by atoms with Crippen LogP contribution in [-0.2, 0) is 17.8 Å². The van der Waals surface area contributed by atoms with E-state index in [0.29, 0.717) is 41.7 Å². The van der Waals surface area contributed by atoms with Crippen molar-refractivity contribution in [2.24, 2.45) is 0 Å². The molecule has 0 spiro atoms. The smallest absolute Gasteiger partial charge is 0.234 e. The van der Waals surface area contributed by atoms with Crippen molar-refractivity contribution < 1.29 is 18.7 Å². The SMILES string of the molecule is CCOc1cc(CCNC(=O)CC#N)cc(Cl)c1OCc1ccccc1F. The van der Waals surface area contributed by atoms with Gasteiger partial charge in [-0.15, -0.1) is 0 Å². The van der Waals surface area contributed by atoms with E-state index in [1.807, 2.05) is 6.92 Å². The second kappa shape index (κ2) is 10.4. The number of hydrogen-bond donors (Lipinski definition) is 1. The van der Waals surface area contributed by atoms with E-state index < -0.39 is 0 Å². The summed E-state index contributed by atoms with van der Waals surface area (Å²) in [5.41, 5.74) is 1.26. The van der Waals surface area contributed by atoms with Gasteiger partial charge in [-0.3, -0.25) is 4.79 Å². The Kier molecular flexibility index (Phi) is 7.90. The molecule has 0 aliphatic heterocycles. The number of rotatable bonds is 9. The highest BCUT2D eigenvalue weighted by Crippen LogP contribution is 2.37. The summed E-state index contributed by atoms with van der Waals surface area (Å²) in [4.78, 5) is 11.3. The standard InChI is InChI=1S/C20H20ClFN2O3/c1-2-26-18-12-14(8-10-24-19(25)7-9-23)11-16(21)20(18)27-13-15-5-3-4-6-17(15)22/h3-6,11-12H,2,7-8,10,13H2,1H3,(H,24,25). The Morgan fingerprint density at radius 2 is 2.07 bits per heavy atom. The fraction of sp³-hybridized carbons (Fsp3) is 0.300. The molecule has 1 N–H and O–H groups in total. The predicted octanol–water partition coefficient (Wildman–Crippen LogP) is 4.03. The van der Waals surface area contributed by atoms with E-state index in [1.165, 1.54) is 6.07 Å². The molecular formula is C20H20ClFN2O3. The van der Waals surface area contributed by atoms with E-state index in [2.05, 4.69) is 5.32 Å². The summed E-state index contributed by atoms with van der Waals surface area (Å²) in [7, 11) is 0. The number of nitrogens with zero attached hydrogens (tertiary/aromatic N) is 1. The normalized spacial score (nSPS) is 10.1. The number of nitrogens with one attached hydrogen (secondary N) is 1. The Hall–Kier alpha value is -2.78. The molecule has 2 rings (SSSR count). The van der Waals surface area contributed by atoms with Gasteiger partial charge in [-0.2, -0.15) is 5.26 Å². The van der Waals surface area contributed by atoms with Crippen molar-refractivity contribution >= 4 is 17.5 Å². The Morgan fingerprint density at radius 3 is 2.78 bits per heavy atom. The maximum Gasteiger partial charge on any atom is 0.234 e. The lowest BCUT2D eigenvalue weighted by atomic mass is 10.1. The lowest BCUT2D eigenvalue weighted by Gasteiger charge is -2.16. The minimum absolute atomic E-state index is 0.0238. The lowest BCUT2D eigenvalue weighted by molar-refractivity contribution is -0.120. The van der Waals surface area contributed by atoms with Crippen LogP contribution < -0.4 is 14.8 Å². The summed E-state index contributed by atoms with van der Waals surface area (Å²) in [6.07, 6.45) is 0.346. The average molecular weight is 391 g/mol. The van der Waals surface area contributed by atoms with Gasteiger partial charge in [0.05, 0.1) is 17.7 Å². The molecule has 0 aromatic heterocycles. The first kappa shape index (κ1) is 20.5. The largest absolute Gasteiger partial charge is 0.490 e.